The van der Waals surface area contributed by atoms with Crippen molar-refractivity contribution in [1.82, 2.24) is 15.3 Å². The van der Waals surface area contributed by atoms with Crippen LogP contribution in [0.3, 0.4) is 0 Å². The molecular formula is C10H22N4. The minimum absolute atomic E-state index is 0. The van der Waals surface area contributed by atoms with Crippen molar-refractivity contribution in [3.8, 4) is 0 Å². The Labute approximate surface area is 86.9 Å². The maximum absolute atomic E-state index is 4.04. The van der Waals surface area contributed by atoms with Crippen molar-refractivity contribution in [2.45, 2.75) is 28.7 Å². The summed E-state index contributed by atoms with van der Waals surface area (Å²) in [5, 5.41) is 3.07. The summed E-state index contributed by atoms with van der Waals surface area (Å²) in [6.07, 6.45) is 3.53. The van der Waals surface area contributed by atoms with Crippen LogP contribution in [0.15, 0.2) is 17.4 Å². The Hall–Kier alpha value is -1.32. The van der Waals surface area contributed by atoms with E-state index >= 15 is 0 Å². The Morgan fingerprint density at radius 2 is 2.00 bits per heavy atom. The van der Waals surface area contributed by atoms with Crippen molar-refractivity contribution in [2.24, 2.45) is 4.99 Å². The molecule has 4 heteroatoms. The van der Waals surface area contributed by atoms with Gasteiger partial charge in [-0.2, -0.15) is 0 Å². The van der Waals surface area contributed by atoms with Crippen LogP contribution in [0.1, 0.15) is 27.6 Å². The number of rotatable bonds is 0. The van der Waals surface area contributed by atoms with Crippen LogP contribution in [0.25, 0.3) is 0 Å². The fraction of sp³-hybridized carbons (Fsp3) is 0.600. The van der Waals surface area contributed by atoms with Crippen molar-refractivity contribution >= 4 is 5.84 Å². The summed E-state index contributed by atoms with van der Waals surface area (Å²) < 4.78 is 0. The van der Waals surface area contributed by atoms with Crippen molar-refractivity contribution in [1.29, 1.82) is 0 Å². The number of nitrogens with one attached hydrogen (secondary N) is 2. The van der Waals surface area contributed by atoms with E-state index in [-0.39, 0.29) is 14.9 Å². The van der Waals surface area contributed by atoms with E-state index in [1.807, 2.05) is 13.8 Å². The molecule has 1 aromatic rings. The second-order valence-electron chi connectivity index (χ2n) is 2.57. The molecule has 0 atom stereocenters. The van der Waals surface area contributed by atoms with Gasteiger partial charge in [0.2, 0.25) is 0 Å². The Bertz CT molecular complexity index is 239. The molecule has 0 saturated carbocycles. The third-order valence-corrected chi connectivity index (χ3v) is 1.48. The van der Waals surface area contributed by atoms with Crippen LogP contribution >= 0.6 is 0 Å². The van der Waals surface area contributed by atoms with E-state index in [2.05, 4.69) is 20.3 Å². The molecule has 14 heavy (non-hydrogen) atoms. The van der Waals surface area contributed by atoms with E-state index in [9.17, 15) is 0 Å². The minimum atomic E-state index is 0. The van der Waals surface area contributed by atoms with Gasteiger partial charge in [-0.25, -0.2) is 4.98 Å². The second kappa shape index (κ2) is 8.29. The maximum Gasteiger partial charge on any atom is 0.102 e. The number of aliphatic imine (C=N–C) groups is 1. The van der Waals surface area contributed by atoms with Gasteiger partial charge in [-0.3, -0.25) is 4.99 Å². The average molecular weight is 198 g/mol. The molecule has 1 aliphatic rings. The topological polar surface area (TPSA) is 53.1 Å². The molecule has 82 valence electrons. The molecule has 0 radical (unpaired) electrons. The maximum atomic E-state index is 4.04. The predicted octanol–water partition coefficient (Wildman–Crippen LogP) is 2.00. The van der Waals surface area contributed by atoms with E-state index in [0.29, 0.717) is 0 Å². The normalized spacial score (nSPS) is 12.3. The summed E-state index contributed by atoms with van der Waals surface area (Å²) >= 11 is 0. The lowest BCUT2D eigenvalue weighted by atomic mass is 10.7. The summed E-state index contributed by atoms with van der Waals surface area (Å²) in [6.45, 7) is 5.89. The summed E-state index contributed by atoms with van der Waals surface area (Å²) in [4.78, 5) is 10.8. The number of hydrogen-bond donors (Lipinski definition) is 2. The highest BCUT2D eigenvalue weighted by Crippen LogP contribution is 1.79. The van der Waals surface area contributed by atoms with E-state index in [1.165, 1.54) is 0 Å². The van der Waals surface area contributed by atoms with E-state index < -0.39 is 0 Å². The van der Waals surface area contributed by atoms with Crippen molar-refractivity contribution in [3.63, 3.8) is 0 Å². The van der Waals surface area contributed by atoms with Gasteiger partial charge >= 0.3 is 0 Å². The van der Waals surface area contributed by atoms with Gasteiger partial charge in [-0.1, -0.05) is 14.9 Å². The molecule has 1 aliphatic heterocycles. The van der Waals surface area contributed by atoms with Crippen LogP contribution in [0, 0.1) is 6.92 Å². The van der Waals surface area contributed by atoms with Crippen LogP contribution in [0.5, 0.6) is 0 Å². The number of aryl methyl sites for hydroxylation is 1. The van der Waals surface area contributed by atoms with Gasteiger partial charge in [0.05, 0.1) is 12.4 Å². The molecule has 0 bridgehead atoms. The number of H-pyrrole nitrogens is 1. The van der Waals surface area contributed by atoms with E-state index in [0.717, 1.165) is 24.7 Å². The van der Waals surface area contributed by atoms with Gasteiger partial charge in [0, 0.05) is 18.9 Å². The molecule has 0 spiro atoms. The quantitative estimate of drug-likeness (QED) is 0.670. The first-order valence-electron chi connectivity index (χ1n) is 4.00. The molecule has 0 fully saturated rings. The van der Waals surface area contributed by atoms with Crippen LogP contribution < -0.4 is 5.32 Å². The average Bonchev–Trinajstić information content (AvgIpc) is 2.63. The molecular weight excluding hydrogens is 176 g/mol. The lowest BCUT2D eigenvalue weighted by molar-refractivity contribution is 0.958. The summed E-state index contributed by atoms with van der Waals surface area (Å²) in [7, 11) is 0. The number of aromatic nitrogens is 2. The predicted molar refractivity (Wildman–Crippen MR) is 62.8 cm³/mol. The molecule has 2 heterocycles. The second-order valence-corrected chi connectivity index (χ2v) is 2.57. The lowest BCUT2D eigenvalue weighted by Crippen LogP contribution is -2.13. The summed E-state index contributed by atoms with van der Waals surface area (Å²) in [6, 6.07) is 0. The smallest absolute Gasteiger partial charge is 0.102 e. The molecule has 2 rings (SSSR count). The Balaban J connectivity index is 0. The number of nitrogens with zero attached hydrogens (tertiary/aromatic N) is 2. The molecule has 0 aliphatic carbocycles. The van der Waals surface area contributed by atoms with Gasteiger partial charge in [0.15, 0.2) is 0 Å². The first kappa shape index (κ1) is 15.2. The monoisotopic (exact) mass is 198 g/mol. The molecule has 2 N–H and O–H groups in total. The third-order valence-electron chi connectivity index (χ3n) is 1.48. The standard InChI is InChI=1S/C4H8N2.C4H6N2.2CH4/c2*1-4-5-2-3-6-4;;/h2-3H2,1H3,(H,5,6);2-3H,1H3,(H,5,6);2*1H4. The van der Waals surface area contributed by atoms with E-state index in [1.54, 1.807) is 12.4 Å². The lowest BCUT2D eigenvalue weighted by Gasteiger charge is -1.85. The molecule has 1 aromatic heterocycles. The Morgan fingerprint density at radius 1 is 1.29 bits per heavy atom. The van der Waals surface area contributed by atoms with E-state index in [4.69, 9.17) is 0 Å². The number of hydrogen-bond acceptors (Lipinski definition) is 3. The summed E-state index contributed by atoms with van der Waals surface area (Å²) in [5.74, 6) is 2.05. The number of imidazole rings is 1. The summed E-state index contributed by atoms with van der Waals surface area (Å²) in [5.41, 5.74) is 0. The van der Waals surface area contributed by atoms with Gasteiger partial charge in [0.25, 0.3) is 0 Å². The van der Waals surface area contributed by atoms with Crippen LogP contribution in [-0.2, 0) is 0 Å². The molecule has 0 amide bonds. The zero-order valence-corrected chi connectivity index (χ0v) is 7.46. The van der Waals surface area contributed by atoms with Crippen LogP contribution in [0.2, 0.25) is 0 Å². The first-order chi connectivity index (χ1) is 5.79. The zero-order valence-electron chi connectivity index (χ0n) is 7.46. The van der Waals surface area contributed by atoms with Gasteiger partial charge in [-0.15, -0.1) is 0 Å². The third kappa shape index (κ3) is 6.22. The number of aromatic amines is 1. The Morgan fingerprint density at radius 3 is 2.14 bits per heavy atom. The first-order valence-corrected chi connectivity index (χ1v) is 4.00. The van der Waals surface area contributed by atoms with Crippen molar-refractivity contribution in [3.05, 3.63) is 18.2 Å². The zero-order chi connectivity index (χ0) is 8.81. The molecule has 0 aromatic carbocycles. The molecule has 0 saturated heterocycles. The molecule has 0 unspecified atom stereocenters. The van der Waals surface area contributed by atoms with Gasteiger partial charge < -0.3 is 10.3 Å². The highest BCUT2D eigenvalue weighted by Gasteiger charge is 1.93. The molecule has 4 nitrogen and oxygen atoms in total. The van der Waals surface area contributed by atoms with Gasteiger partial charge in [0.1, 0.15) is 5.82 Å². The number of amidine groups is 1. The van der Waals surface area contributed by atoms with Crippen molar-refractivity contribution in [2.75, 3.05) is 13.1 Å². The van der Waals surface area contributed by atoms with Crippen LogP contribution in [-0.4, -0.2) is 28.9 Å². The van der Waals surface area contributed by atoms with Crippen molar-refractivity contribution < 1.29 is 0 Å². The fourth-order valence-electron chi connectivity index (χ4n) is 0.861. The van der Waals surface area contributed by atoms with Crippen LogP contribution in [0.4, 0.5) is 0 Å². The largest absolute Gasteiger partial charge is 0.372 e. The highest BCUT2D eigenvalue weighted by molar-refractivity contribution is 5.80. The minimum Gasteiger partial charge on any atom is -0.372 e. The highest BCUT2D eigenvalue weighted by atomic mass is 15.0. The Kier molecular flexibility index (Phi) is 8.98. The fourth-order valence-corrected chi connectivity index (χ4v) is 0.861. The SMILES string of the molecule is C.C.CC1=NCCN1.Cc1ncc[nH]1. The van der Waals surface area contributed by atoms with Gasteiger partial charge in [-0.05, 0) is 13.8 Å².